The molecule has 0 fully saturated rings. The van der Waals surface area contributed by atoms with Gasteiger partial charge in [-0.2, -0.15) is 0 Å². The molecule has 0 radical (unpaired) electrons. The predicted molar refractivity (Wildman–Crippen MR) is 80.6 cm³/mol. The summed E-state index contributed by atoms with van der Waals surface area (Å²) >= 11 is 5.87. The van der Waals surface area contributed by atoms with Crippen molar-refractivity contribution in [2.75, 3.05) is 5.88 Å². The average molecular weight is 275 g/mol. The fourth-order valence-corrected chi connectivity index (χ4v) is 2.71. The molecular formula is C17H19ClO. The van der Waals surface area contributed by atoms with Crippen molar-refractivity contribution in [2.45, 2.75) is 25.4 Å². The van der Waals surface area contributed by atoms with E-state index in [1.165, 1.54) is 5.56 Å². The minimum absolute atomic E-state index is 0.442. The van der Waals surface area contributed by atoms with Crippen LogP contribution < -0.4 is 0 Å². The van der Waals surface area contributed by atoms with Gasteiger partial charge in [0.05, 0.1) is 5.60 Å². The van der Waals surface area contributed by atoms with E-state index in [0.29, 0.717) is 18.7 Å². The van der Waals surface area contributed by atoms with Gasteiger partial charge >= 0.3 is 0 Å². The summed E-state index contributed by atoms with van der Waals surface area (Å²) in [5, 5.41) is 10.9. The van der Waals surface area contributed by atoms with E-state index >= 15 is 0 Å². The van der Waals surface area contributed by atoms with Crippen LogP contribution in [-0.2, 0) is 12.0 Å². The van der Waals surface area contributed by atoms with Crippen LogP contribution in [0.15, 0.2) is 54.6 Å². The van der Waals surface area contributed by atoms with Gasteiger partial charge < -0.3 is 5.11 Å². The van der Waals surface area contributed by atoms with Crippen molar-refractivity contribution in [1.29, 1.82) is 0 Å². The van der Waals surface area contributed by atoms with Crippen LogP contribution in [0.1, 0.15) is 23.1 Å². The molecule has 0 saturated carbocycles. The number of aryl methyl sites for hydroxylation is 1. The van der Waals surface area contributed by atoms with Gasteiger partial charge in [0.25, 0.3) is 0 Å². The van der Waals surface area contributed by atoms with E-state index in [4.69, 9.17) is 11.6 Å². The maximum absolute atomic E-state index is 10.9. The molecule has 0 amide bonds. The van der Waals surface area contributed by atoms with Crippen LogP contribution in [0.4, 0.5) is 0 Å². The van der Waals surface area contributed by atoms with Gasteiger partial charge in [-0.15, -0.1) is 11.6 Å². The van der Waals surface area contributed by atoms with Crippen molar-refractivity contribution in [3.63, 3.8) is 0 Å². The van der Waals surface area contributed by atoms with E-state index in [1.807, 2.05) is 36.4 Å². The SMILES string of the molecule is Cc1cccc(CC(O)(CCCl)c2ccccc2)c1. The van der Waals surface area contributed by atoms with Gasteiger partial charge in [0, 0.05) is 12.3 Å². The van der Waals surface area contributed by atoms with E-state index in [1.54, 1.807) is 0 Å². The minimum atomic E-state index is -0.892. The highest BCUT2D eigenvalue weighted by atomic mass is 35.5. The van der Waals surface area contributed by atoms with E-state index in [-0.39, 0.29) is 0 Å². The molecule has 0 aliphatic heterocycles. The number of aliphatic hydroxyl groups is 1. The highest BCUT2D eigenvalue weighted by molar-refractivity contribution is 6.17. The number of benzene rings is 2. The second kappa shape index (κ2) is 6.23. The highest BCUT2D eigenvalue weighted by Crippen LogP contribution is 2.30. The Bertz CT molecular complexity index is 524. The molecule has 0 aromatic heterocycles. The Balaban J connectivity index is 2.30. The standard InChI is InChI=1S/C17H19ClO/c1-14-6-5-7-15(12-14)13-17(19,10-11-18)16-8-3-2-4-9-16/h2-9,12,19H,10-11,13H2,1H3. The molecule has 0 bridgehead atoms. The number of rotatable bonds is 5. The van der Waals surface area contributed by atoms with Crippen molar-refractivity contribution in [1.82, 2.24) is 0 Å². The molecule has 1 unspecified atom stereocenters. The molecule has 2 aromatic rings. The molecule has 1 N–H and O–H groups in total. The summed E-state index contributed by atoms with van der Waals surface area (Å²) in [6.45, 7) is 2.06. The van der Waals surface area contributed by atoms with Gasteiger partial charge in [0.2, 0.25) is 0 Å². The van der Waals surface area contributed by atoms with Crippen molar-refractivity contribution < 1.29 is 5.11 Å². The van der Waals surface area contributed by atoms with Gasteiger partial charge in [-0.3, -0.25) is 0 Å². The summed E-state index contributed by atoms with van der Waals surface area (Å²) in [5.74, 6) is 0.442. The molecule has 2 aromatic carbocycles. The van der Waals surface area contributed by atoms with Crippen molar-refractivity contribution in [3.8, 4) is 0 Å². The normalized spacial score (nSPS) is 14.1. The molecule has 0 saturated heterocycles. The first-order chi connectivity index (χ1) is 9.14. The Hall–Kier alpha value is -1.31. The second-order valence-electron chi connectivity index (χ2n) is 5.00. The molecular weight excluding hydrogens is 256 g/mol. The molecule has 0 spiro atoms. The van der Waals surface area contributed by atoms with Crippen molar-refractivity contribution in [3.05, 3.63) is 71.3 Å². The molecule has 2 rings (SSSR count). The van der Waals surface area contributed by atoms with Gasteiger partial charge in [0.1, 0.15) is 0 Å². The van der Waals surface area contributed by atoms with Gasteiger partial charge in [-0.05, 0) is 24.5 Å². The zero-order chi connectivity index (χ0) is 13.7. The summed E-state index contributed by atoms with van der Waals surface area (Å²) < 4.78 is 0. The first-order valence-corrected chi connectivity index (χ1v) is 7.07. The average Bonchev–Trinajstić information content (AvgIpc) is 2.40. The Kier molecular flexibility index (Phi) is 4.62. The molecule has 2 heteroatoms. The fourth-order valence-electron chi connectivity index (χ4n) is 2.40. The molecule has 19 heavy (non-hydrogen) atoms. The summed E-state index contributed by atoms with van der Waals surface area (Å²) in [7, 11) is 0. The van der Waals surface area contributed by atoms with Crippen LogP contribution in [0.2, 0.25) is 0 Å². The number of halogens is 1. The Labute approximate surface area is 119 Å². The first-order valence-electron chi connectivity index (χ1n) is 6.53. The fraction of sp³-hybridized carbons (Fsp3) is 0.294. The quantitative estimate of drug-likeness (QED) is 0.816. The van der Waals surface area contributed by atoms with Gasteiger partial charge in [-0.25, -0.2) is 0 Å². The lowest BCUT2D eigenvalue weighted by Gasteiger charge is -2.28. The van der Waals surface area contributed by atoms with E-state index in [2.05, 4.69) is 25.1 Å². The highest BCUT2D eigenvalue weighted by Gasteiger charge is 2.28. The molecule has 100 valence electrons. The monoisotopic (exact) mass is 274 g/mol. The van der Waals surface area contributed by atoms with E-state index < -0.39 is 5.60 Å². The van der Waals surface area contributed by atoms with Gasteiger partial charge in [-0.1, -0.05) is 60.2 Å². The van der Waals surface area contributed by atoms with Crippen LogP contribution in [0.5, 0.6) is 0 Å². The molecule has 0 aliphatic carbocycles. The lowest BCUT2D eigenvalue weighted by molar-refractivity contribution is 0.0336. The maximum Gasteiger partial charge on any atom is 0.0948 e. The Morgan fingerprint density at radius 1 is 1.05 bits per heavy atom. The van der Waals surface area contributed by atoms with Crippen LogP contribution in [0.25, 0.3) is 0 Å². The van der Waals surface area contributed by atoms with Crippen molar-refractivity contribution >= 4 is 11.6 Å². The Morgan fingerprint density at radius 2 is 1.79 bits per heavy atom. The maximum atomic E-state index is 10.9. The van der Waals surface area contributed by atoms with Crippen LogP contribution in [0, 0.1) is 6.92 Å². The molecule has 0 heterocycles. The van der Waals surface area contributed by atoms with Crippen molar-refractivity contribution in [2.24, 2.45) is 0 Å². The van der Waals surface area contributed by atoms with Crippen LogP contribution >= 0.6 is 11.6 Å². The molecule has 0 aliphatic rings. The molecule has 1 nitrogen and oxygen atoms in total. The smallest absolute Gasteiger partial charge is 0.0948 e. The topological polar surface area (TPSA) is 20.2 Å². The number of alkyl halides is 1. The third-order valence-corrected chi connectivity index (χ3v) is 3.59. The predicted octanol–water partition coefficient (Wildman–Crippen LogP) is 4.05. The summed E-state index contributed by atoms with van der Waals surface area (Å²) in [6, 6.07) is 18.0. The zero-order valence-electron chi connectivity index (χ0n) is 11.1. The Morgan fingerprint density at radius 3 is 2.42 bits per heavy atom. The lowest BCUT2D eigenvalue weighted by atomic mass is 9.85. The first kappa shape index (κ1) is 14.1. The summed E-state index contributed by atoms with van der Waals surface area (Å²) in [6.07, 6.45) is 1.14. The van der Waals surface area contributed by atoms with E-state index in [0.717, 1.165) is 11.1 Å². The number of hydrogen-bond acceptors (Lipinski definition) is 1. The largest absolute Gasteiger partial charge is 0.385 e. The van der Waals surface area contributed by atoms with Crippen LogP contribution in [-0.4, -0.2) is 11.0 Å². The second-order valence-corrected chi connectivity index (χ2v) is 5.38. The van der Waals surface area contributed by atoms with Gasteiger partial charge in [0.15, 0.2) is 0 Å². The number of hydrogen-bond donors (Lipinski definition) is 1. The van der Waals surface area contributed by atoms with Crippen LogP contribution in [0.3, 0.4) is 0 Å². The third-order valence-electron chi connectivity index (χ3n) is 3.40. The third kappa shape index (κ3) is 3.59. The summed E-state index contributed by atoms with van der Waals surface area (Å²) in [5.41, 5.74) is 2.38. The molecule has 1 atom stereocenters. The van der Waals surface area contributed by atoms with E-state index in [9.17, 15) is 5.11 Å². The minimum Gasteiger partial charge on any atom is -0.385 e. The summed E-state index contributed by atoms with van der Waals surface area (Å²) in [4.78, 5) is 0. The lowest BCUT2D eigenvalue weighted by Crippen LogP contribution is -2.29. The zero-order valence-corrected chi connectivity index (χ0v) is 11.9.